The van der Waals surface area contributed by atoms with Crippen LogP contribution in [0.4, 0.5) is 14.5 Å². The lowest BCUT2D eigenvalue weighted by atomic mass is 9.80. The van der Waals surface area contributed by atoms with Crippen LogP contribution in [0, 0.1) is 5.41 Å². The van der Waals surface area contributed by atoms with E-state index in [4.69, 9.17) is 16.3 Å². The van der Waals surface area contributed by atoms with Crippen molar-refractivity contribution in [1.29, 1.82) is 0 Å². The van der Waals surface area contributed by atoms with Crippen LogP contribution >= 0.6 is 11.6 Å². The topological polar surface area (TPSA) is 147 Å². The van der Waals surface area contributed by atoms with Crippen molar-refractivity contribution in [2.75, 3.05) is 39.0 Å². The second-order valence-electron chi connectivity index (χ2n) is 11.6. The number of alkyl halides is 2. The minimum Gasteiger partial charge on any atom is -0.481 e. The number of carbonyl (C=O) groups excluding carboxylic acids is 2. The minimum atomic E-state index is -3.16. The Bertz CT molecular complexity index is 1750. The lowest BCUT2D eigenvalue weighted by molar-refractivity contribution is -0.153. The Morgan fingerprint density at radius 1 is 1.22 bits per heavy atom. The minimum absolute atomic E-state index is 0.0377. The van der Waals surface area contributed by atoms with Gasteiger partial charge in [0.05, 0.1) is 23.5 Å². The first-order chi connectivity index (χ1) is 21.9. The summed E-state index contributed by atoms with van der Waals surface area (Å²) in [6, 6.07) is 4.81. The van der Waals surface area contributed by atoms with E-state index in [0.717, 1.165) is 0 Å². The summed E-state index contributed by atoms with van der Waals surface area (Å²) in [4.78, 5) is 47.1. The molecule has 4 heterocycles. The maximum atomic E-state index is 14.0. The van der Waals surface area contributed by atoms with Crippen LogP contribution in [0.1, 0.15) is 42.6 Å². The number of benzene rings is 1. The fraction of sp³-hybridized carbons (Fsp3) is 0.400. The fourth-order valence-corrected chi connectivity index (χ4v) is 5.47. The van der Waals surface area contributed by atoms with E-state index in [0.29, 0.717) is 13.0 Å². The summed E-state index contributed by atoms with van der Waals surface area (Å²) in [5.74, 6) is -2.04. The van der Waals surface area contributed by atoms with E-state index < -0.39 is 29.9 Å². The number of anilines is 1. The van der Waals surface area contributed by atoms with Gasteiger partial charge < -0.3 is 25.0 Å². The number of nitrogens with one attached hydrogen (secondary N) is 1. The number of rotatable bonds is 11. The van der Waals surface area contributed by atoms with Crippen LogP contribution in [0.25, 0.3) is 16.9 Å². The predicted octanol–water partition coefficient (Wildman–Crippen LogP) is 4.31. The smallest absolute Gasteiger partial charge is 0.387 e. The van der Waals surface area contributed by atoms with E-state index in [2.05, 4.69) is 20.5 Å². The Balaban J connectivity index is 1.57. The lowest BCUT2D eigenvalue weighted by Gasteiger charge is -2.38. The maximum Gasteiger partial charge on any atom is 0.387 e. The monoisotopic (exact) mass is 658 g/mol. The Hall–Kier alpha value is -4.63. The van der Waals surface area contributed by atoms with E-state index in [1.165, 1.54) is 46.0 Å². The molecule has 0 saturated carbocycles. The molecule has 1 aromatic carbocycles. The number of piperidine rings is 1. The molecule has 0 bridgehead atoms. The Labute approximate surface area is 267 Å². The first-order valence-corrected chi connectivity index (χ1v) is 14.8. The number of amides is 2. The van der Waals surface area contributed by atoms with E-state index in [9.17, 15) is 28.3 Å². The largest absolute Gasteiger partial charge is 0.481 e. The molecule has 0 radical (unpaired) electrons. The highest BCUT2D eigenvalue weighted by Crippen LogP contribution is 2.39. The lowest BCUT2D eigenvalue weighted by Crippen LogP contribution is -2.47. The zero-order valence-electron chi connectivity index (χ0n) is 25.4. The third-order valence-corrected chi connectivity index (χ3v) is 8.30. The van der Waals surface area contributed by atoms with Crippen molar-refractivity contribution in [3.8, 4) is 17.0 Å². The molecule has 4 aromatic rings. The summed E-state index contributed by atoms with van der Waals surface area (Å²) in [5, 5.41) is 21.5. The van der Waals surface area contributed by atoms with E-state index in [-0.39, 0.29) is 70.8 Å². The molecule has 0 aliphatic carbocycles. The first-order valence-electron chi connectivity index (χ1n) is 14.5. The quantitative estimate of drug-likeness (QED) is 0.241. The van der Waals surface area contributed by atoms with Crippen LogP contribution in [0.15, 0.2) is 49.1 Å². The summed E-state index contributed by atoms with van der Waals surface area (Å²) in [7, 11) is 3.70. The number of hydrogen-bond donors (Lipinski definition) is 2. The molecular weight excluding hydrogens is 626 g/mol. The van der Waals surface area contributed by atoms with Gasteiger partial charge in [-0.15, -0.1) is 0 Å². The highest BCUT2D eigenvalue weighted by atomic mass is 35.5. The van der Waals surface area contributed by atoms with Crippen LogP contribution in [0.5, 0.6) is 5.75 Å². The van der Waals surface area contributed by atoms with Gasteiger partial charge in [0.2, 0.25) is 5.91 Å². The van der Waals surface area contributed by atoms with Gasteiger partial charge in [-0.2, -0.15) is 19.0 Å². The van der Waals surface area contributed by atoms with Crippen molar-refractivity contribution < 1.29 is 33.0 Å². The standard InChI is InChI=1S/C30H33ClF2N8O5/c1-30(28(44)45)8-13-39(14-9-30)27(43)22(7-12-38(2)3)41-17-21(36-26(42)20-16-35-40-11-4-10-34-25(20)40)24(37-41)19-15-18(31)5-6-23(19)46-29(32)33/h4-6,10-11,15-17,22,29H,7-9,12-14H2,1-3H3,(H,36,42)(H,44,45). The van der Waals surface area contributed by atoms with Gasteiger partial charge in [0.1, 0.15) is 23.0 Å². The normalized spacial score (nSPS) is 15.3. The van der Waals surface area contributed by atoms with Crippen LogP contribution < -0.4 is 10.1 Å². The van der Waals surface area contributed by atoms with Crippen LogP contribution in [0.3, 0.4) is 0 Å². The molecule has 0 spiro atoms. The summed E-state index contributed by atoms with van der Waals surface area (Å²) < 4.78 is 34.4. The SMILES string of the molecule is CN(C)CCC(C(=O)N1CCC(C)(C(=O)O)CC1)n1cc(NC(=O)c2cnn3cccnc23)c(-c2cc(Cl)ccc2OC(F)F)n1. The molecule has 1 aliphatic heterocycles. The average molecular weight is 659 g/mol. The Morgan fingerprint density at radius 2 is 1.96 bits per heavy atom. The van der Waals surface area contributed by atoms with Crippen LogP contribution in [-0.4, -0.2) is 97.4 Å². The van der Waals surface area contributed by atoms with Gasteiger partial charge in [0.15, 0.2) is 5.65 Å². The summed E-state index contributed by atoms with van der Waals surface area (Å²) in [6.07, 6.45) is 6.82. The molecular formula is C30H33ClF2N8O5. The summed E-state index contributed by atoms with van der Waals surface area (Å²) >= 11 is 6.27. The van der Waals surface area contributed by atoms with Crippen molar-refractivity contribution >= 4 is 40.7 Å². The maximum absolute atomic E-state index is 14.0. The van der Waals surface area contributed by atoms with Crippen LogP contribution in [0.2, 0.25) is 5.02 Å². The Kier molecular flexibility index (Phi) is 9.53. The third-order valence-electron chi connectivity index (χ3n) is 8.07. The molecule has 2 amide bonds. The molecule has 1 saturated heterocycles. The highest BCUT2D eigenvalue weighted by Gasteiger charge is 2.40. The fourth-order valence-electron chi connectivity index (χ4n) is 5.30. The molecule has 1 fully saturated rings. The van der Waals surface area contributed by atoms with Crippen molar-refractivity contribution in [3.05, 3.63) is 59.6 Å². The molecule has 1 aliphatic rings. The molecule has 1 atom stereocenters. The number of carboxylic acids is 1. The molecule has 244 valence electrons. The predicted molar refractivity (Wildman–Crippen MR) is 164 cm³/mol. The van der Waals surface area contributed by atoms with E-state index >= 15 is 0 Å². The number of carboxylic acid groups (broad SMARTS) is 1. The van der Waals surface area contributed by atoms with Gasteiger partial charge in [0.25, 0.3) is 5.91 Å². The van der Waals surface area contributed by atoms with Crippen molar-refractivity contribution in [1.82, 2.24) is 34.2 Å². The second-order valence-corrected chi connectivity index (χ2v) is 12.0. The summed E-state index contributed by atoms with van der Waals surface area (Å²) in [6.45, 7) is -0.534. The molecule has 46 heavy (non-hydrogen) atoms. The van der Waals surface area contributed by atoms with Gasteiger partial charge in [-0.3, -0.25) is 19.1 Å². The average Bonchev–Trinajstić information content (AvgIpc) is 3.62. The molecule has 2 N–H and O–H groups in total. The van der Waals surface area contributed by atoms with Gasteiger partial charge in [-0.25, -0.2) is 9.50 Å². The zero-order chi connectivity index (χ0) is 33.2. The molecule has 1 unspecified atom stereocenters. The highest BCUT2D eigenvalue weighted by molar-refractivity contribution is 6.31. The number of nitrogens with zero attached hydrogens (tertiary/aromatic N) is 7. The number of hydrogen-bond acceptors (Lipinski definition) is 8. The van der Waals surface area contributed by atoms with Crippen molar-refractivity contribution in [3.63, 3.8) is 0 Å². The molecule has 13 nitrogen and oxygen atoms in total. The second kappa shape index (κ2) is 13.4. The summed E-state index contributed by atoms with van der Waals surface area (Å²) in [5.41, 5.74) is -0.307. The van der Waals surface area contributed by atoms with Gasteiger partial charge in [-0.05, 0) is 64.5 Å². The first kappa shape index (κ1) is 32.8. The van der Waals surface area contributed by atoms with Crippen molar-refractivity contribution in [2.45, 2.75) is 38.8 Å². The number of fused-ring (bicyclic) bond motifs is 1. The number of halogens is 3. The zero-order valence-corrected chi connectivity index (χ0v) is 26.1. The van der Waals surface area contributed by atoms with Gasteiger partial charge in [0, 0.05) is 42.6 Å². The molecule has 3 aromatic heterocycles. The molecule has 16 heteroatoms. The number of likely N-dealkylation sites (tertiary alicyclic amines) is 1. The Morgan fingerprint density at radius 3 is 2.63 bits per heavy atom. The van der Waals surface area contributed by atoms with Crippen LogP contribution in [-0.2, 0) is 9.59 Å². The van der Waals surface area contributed by atoms with Crippen molar-refractivity contribution in [2.24, 2.45) is 5.41 Å². The van der Waals surface area contributed by atoms with Gasteiger partial charge >= 0.3 is 12.6 Å². The van der Waals surface area contributed by atoms with E-state index in [1.54, 1.807) is 24.1 Å². The van der Waals surface area contributed by atoms with E-state index in [1.807, 2.05) is 19.0 Å². The number of ether oxygens (including phenoxy) is 1. The molecule has 5 rings (SSSR count). The van der Waals surface area contributed by atoms with Gasteiger partial charge in [-0.1, -0.05) is 11.6 Å². The number of aliphatic carboxylic acids is 1. The third kappa shape index (κ3) is 6.94. The number of aromatic nitrogens is 5. The number of carbonyl (C=O) groups is 3.